The molecule has 0 spiro atoms. The van der Waals surface area contributed by atoms with Gasteiger partial charge < -0.3 is 20.1 Å². The van der Waals surface area contributed by atoms with E-state index >= 15 is 0 Å². The highest BCUT2D eigenvalue weighted by molar-refractivity contribution is 6.08. The molecule has 1 saturated heterocycles. The maximum atomic E-state index is 12.5. The van der Waals surface area contributed by atoms with Crippen molar-refractivity contribution >= 4 is 29.2 Å². The predicted octanol–water partition coefficient (Wildman–Crippen LogP) is 3.73. The van der Waals surface area contributed by atoms with E-state index in [2.05, 4.69) is 5.32 Å². The number of nitrogens with zero attached hydrogens (tertiary/aromatic N) is 1. The molecule has 2 N–H and O–H groups in total. The number of hydrogen-bond donors (Lipinski definition) is 2. The molecule has 2 aromatic rings. The lowest BCUT2D eigenvalue weighted by atomic mass is 9.97. The van der Waals surface area contributed by atoms with E-state index in [0.29, 0.717) is 24.4 Å². The molecule has 2 aromatic carbocycles. The van der Waals surface area contributed by atoms with Crippen LogP contribution in [0.5, 0.6) is 0 Å². The van der Waals surface area contributed by atoms with Crippen molar-refractivity contribution in [2.75, 3.05) is 29.9 Å². The minimum Gasteiger partial charge on any atom is -0.478 e. The number of carbonyl (C=O) groups excluding carboxylic acids is 2. The normalized spacial score (nSPS) is 16.1. The first-order valence-corrected chi connectivity index (χ1v) is 10.1. The van der Waals surface area contributed by atoms with Gasteiger partial charge in [0.1, 0.15) is 0 Å². The van der Waals surface area contributed by atoms with Crippen molar-refractivity contribution < 1.29 is 24.2 Å². The summed E-state index contributed by atoms with van der Waals surface area (Å²) in [6.07, 6.45) is 1.57. The Kier molecular flexibility index (Phi) is 6.72. The van der Waals surface area contributed by atoms with Gasteiger partial charge in [-0.3, -0.25) is 9.59 Å². The fraction of sp³-hybridized carbons (Fsp3) is 0.348. The number of anilines is 2. The van der Waals surface area contributed by atoms with Crippen molar-refractivity contribution in [1.29, 1.82) is 0 Å². The van der Waals surface area contributed by atoms with Crippen molar-refractivity contribution in [3.05, 3.63) is 59.2 Å². The molecule has 1 atom stereocenters. The van der Waals surface area contributed by atoms with Gasteiger partial charge in [0.15, 0.2) is 0 Å². The van der Waals surface area contributed by atoms with E-state index in [9.17, 15) is 19.5 Å². The molecule has 0 aromatic heterocycles. The molecule has 0 unspecified atom stereocenters. The molecule has 7 nitrogen and oxygen atoms in total. The zero-order valence-corrected chi connectivity index (χ0v) is 17.2. The van der Waals surface area contributed by atoms with E-state index in [1.165, 1.54) is 0 Å². The van der Waals surface area contributed by atoms with Crippen LogP contribution in [-0.2, 0) is 9.53 Å². The number of carboxylic acid groups (broad SMARTS) is 1. The number of rotatable bonds is 6. The van der Waals surface area contributed by atoms with Gasteiger partial charge in [0.2, 0.25) is 0 Å². The maximum absolute atomic E-state index is 12.5. The second-order valence-electron chi connectivity index (χ2n) is 7.39. The Labute approximate surface area is 175 Å². The quantitative estimate of drug-likeness (QED) is 0.705. The number of esters is 1. The third-order valence-electron chi connectivity index (χ3n) is 5.20. The summed E-state index contributed by atoms with van der Waals surface area (Å²) >= 11 is 0. The summed E-state index contributed by atoms with van der Waals surface area (Å²) in [5.74, 6) is -1.95. The fourth-order valence-electron chi connectivity index (χ4n) is 3.58. The smallest absolute Gasteiger partial charge is 0.337 e. The molecule has 0 aliphatic carbocycles. The maximum Gasteiger partial charge on any atom is 0.337 e. The molecule has 30 heavy (non-hydrogen) atoms. The van der Waals surface area contributed by atoms with Crippen molar-refractivity contribution in [2.24, 2.45) is 5.92 Å². The van der Waals surface area contributed by atoms with Crippen LogP contribution in [-0.4, -0.2) is 42.6 Å². The van der Waals surface area contributed by atoms with Gasteiger partial charge in [0.05, 0.1) is 23.8 Å². The molecule has 7 heteroatoms. The molecule has 1 aliphatic heterocycles. The Morgan fingerprint density at radius 2 is 1.90 bits per heavy atom. The first kappa shape index (κ1) is 21.4. The highest BCUT2D eigenvalue weighted by atomic mass is 16.5. The Hall–Kier alpha value is -3.35. The molecule has 1 heterocycles. The van der Waals surface area contributed by atoms with Crippen LogP contribution < -0.4 is 10.2 Å². The number of aromatic carboxylic acids is 1. The predicted molar refractivity (Wildman–Crippen MR) is 114 cm³/mol. The van der Waals surface area contributed by atoms with Gasteiger partial charge >= 0.3 is 11.9 Å². The third kappa shape index (κ3) is 4.97. The number of amides is 1. The third-order valence-corrected chi connectivity index (χ3v) is 5.20. The molecule has 1 aliphatic rings. The van der Waals surface area contributed by atoms with Gasteiger partial charge in [-0.05, 0) is 57.0 Å². The first-order valence-electron chi connectivity index (χ1n) is 10.1. The number of carbonyl (C=O) groups is 3. The lowest BCUT2D eigenvalue weighted by Gasteiger charge is -2.33. The van der Waals surface area contributed by atoms with Crippen molar-refractivity contribution in [3.63, 3.8) is 0 Å². The SMILES string of the molecule is CCOC(=O)[C@H]1CCCN(c2ccc(NC(=O)c3ccc(C)cc3)c(C(=O)O)c2)C1. The van der Waals surface area contributed by atoms with E-state index in [0.717, 1.165) is 24.9 Å². The molecule has 3 rings (SSSR count). The Balaban J connectivity index is 1.79. The number of nitrogens with one attached hydrogen (secondary N) is 1. The minimum atomic E-state index is -1.13. The average molecular weight is 410 g/mol. The summed E-state index contributed by atoms with van der Waals surface area (Å²) in [4.78, 5) is 38.4. The molecule has 0 radical (unpaired) electrons. The summed E-state index contributed by atoms with van der Waals surface area (Å²) < 4.78 is 5.13. The minimum absolute atomic E-state index is 0.00576. The summed E-state index contributed by atoms with van der Waals surface area (Å²) in [6, 6.07) is 12.0. The van der Waals surface area contributed by atoms with Crippen LogP contribution in [0.3, 0.4) is 0 Å². The topological polar surface area (TPSA) is 95.9 Å². The summed E-state index contributed by atoms with van der Waals surface area (Å²) in [5.41, 5.74) is 2.43. The van der Waals surface area contributed by atoms with Crippen LogP contribution >= 0.6 is 0 Å². The number of benzene rings is 2. The monoisotopic (exact) mass is 410 g/mol. The Morgan fingerprint density at radius 1 is 1.17 bits per heavy atom. The van der Waals surface area contributed by atoms with Crippen molar-refractivity contribution in [3.8, 4) is 0 Å². The standard InChI is InChI=1S/C23H26N2O5/c1-3-30-23(29)17-5-4-12-25(14-17)18-10-11-20(19(13-18)22(27)28)24-21(26)16-8-6-15(2)7-9-16/h6-11,13,17H,3-5,12,14H2,1-2H3,(H,24,26)(H,27,28)/t17-/m0/s1. The molecule has 0 bridgehead atoms. The van der Waals surface area contributed by atoms with Gasteiger partial charge in [-0.2, -0.15) is 0 Å². The molecule has 1 fully saturated rings. The molecule has 0 saturated carbocycles. The van der Waals surface area contributed by atoms with Crippen LogP contribution in [0.25, 0.3) is 0 Å². The molecular weight excluding hydrogens is 384 g/mol. The van der Waals surface area contributed by atoms with E-state index in [1.54, 1.807) is 37.3 Å². The fourth-order valence-corrected chi connectivity index (χ4v) is 3.58. The van der Waals surface area contributed by atoms with E-state index < -0.39 is 5.97 Å². The van der Waals surface area contributed by atoms with Crippen LogP contribution in [0.2, 0.25) is 0 Å². The van der Waals surface area contributed by atoms with E-state index in [1.807, 2.05) is 24.0 Å². The van der Waals surface area contributed by atoms with Crippen LogP contribution in [0.4, 0.5) is 11.4 Å². The zero-order valence-electron chi connectivity index (χ0n) is 17.2. The van der Waals surface area contributed by atoms with Crippen LogP contribution in [0, 0.1) is 12.8 Å². The number of carboxylic acids is 1. The Bertz CT molecular complexity index is 939. The lowest BCUT2D eigenvalue weighted by molar-refractivity contribution is -0.148. The molecule has 158 valence electrons. The molecular formula is C23H26N2O5. The zero-order chi connectivity index (χ0) is 21.7. The largest absolute Gasteiger partial charge is 0.478 e. The average Bonchev–Trinajstić information content (AvgIpc) is 2.74. The lowest BCUT2D eigenvalue weighted by Crippen LogP contribution is -2.39. The van der Waals surface area contributed by atoms with Crippen LogP contribution in [0.15, 0.2) is 42.5 Å². The number of hydrogen-bond acceptors (Lipinski definition) is 5. The first-order chi connectivity index (χ1) is 14.4. The van der Waals surface area contributed by atoms with E-state index in [4.69, 9.17) is 4.74 Å². The van der Waals surface area contributed by atoms with E-state index in [-0.39, 0.29) is 29.0 Å². The summed E-state index contributed by atoms with van der Waals surface area (Å²) in [7, 11) is 0. The van der Waals surface area contributed by atoms with Crippen molar-refractivity contribution in [2.45, 2.75) is 26.7 Å². The van der Waals surface area contributed by atoms with Gasteiger partial charge in [-0.15, -0.1) is 0 Å². The highest BCUT2D eigenvalue weighted by Gasteiger charge is 2.27. The van der Waals surface area contributed by atoms with Gasteiger partial charge in [0.25, 0.3) is 5.91 Å². The second-order valence-corrected chi connectivity index (χ2v) is 7.39. The number of aryl methyl sites for hydroxylation is 1. The number of ether oxygens (including phenoxy) is 1. The van der Waals surface area contributed by atoms with Crippen molar-refractivity contribution in [1.82, 2.24) is 0 Å². The van der Waals surface area contributed by atoms with Gasteiger partial charge in [-0.1, -0.05) is 17.7 Å². The second kappa shape index (κ2) is 9.43. The highest BCUT2D eigenvalue weighted by Crippen LogP contribution is 2.28. The van der Waals surface area contributed by atoms with Crippen LogP contribution in [0.1, 0.15) is 46.0 Å². The van der Waals surface area contributed by atoms with Gasteiger partial charge in [0, 0.05) is 24.3 Å². The summed E-state index contributed by atoms with van der Waals surface area (Å²) in [6.45, 7) is 5.25. The number of piperidine rings is 1. The Morgan fingerprint density at radius 3 is 2.57 bits per heavy atom. The molecule has 1 amide bonds. The summed E-state index contributed by atoms with van der Waals surface area (Å²) in [5, 5.41) is 12.4. The van der Waals surface area contributed by atoms with Gasteiger partial charge in [-0.25, -0.2) is 4.79 Å².